The summed E-state index contributed by atoms with van der Waals surface area (Å²) in [5.74, 6) is -0.00536. The Bertz CT molecular complexity index is 990. The lowest BCUT2D eigenvalue weighted by atomic mass is 10.1. The van der Waals surface area contributed by atoms with Gasteiger partial charge in [-0.15, -0.1) is 0 Å². The lowest BCUT2D eigenvalue weighted by Gasteiger charge is -2.22. The number of carbonyl (C=O) groups excluding carboxylic acids is 1. The van der Waals surface area contributed by atoms with Crippen LogP contribution in [-0.2, 0) is 6.54 Å². The first kappa shape index (κ1) is 15.2. The minimum atomic E-state index is -0.00536. The Labute approximate surface area is 146 Å². The first-order chi connectivity index (χ1) is 12.3. The SMILES string of the molecule is O=C(c1ccccc1)N(Cc1ccccc1)c1c[nH]c2ccccc12. The van der Waals surface area contributed by atoms with Crippen LogP contribution in [0.5, 0.6) is 0 Å². The van der Waals surface area contributed by atoms with Crippen molar-refractivity contribution < 1.29 is 4.79 Å². The van der Waals surface area contributed by atoms with Crippen molar-refractivity contribution in [3.8, 4) is 0 Å². The predicted octanol–water partition coefficient (Wildman–Crippen LogP) is 5.01. The molecule has 0 aliphatic rings. The van der Waals surface area contributed by atoms with Crippen molar-refractivity contribution in [2.45, 2.75) is 6.54 Å². The topological polar surface area (TPSA) is 36.1 Å². The van der Waals surface area contributed by atoms with Gasteiger partial charge in [0.25, 0.3) is 5.91 Å². The summed E-state index contributed by atoms with van der Waals surface area (Å²) >= 11 is 0. The van der Waals surface area contributed by atoms with E-state index in [-0.39, 0.29) is 5.91 Å². The minimum absolute atomic E-state index is 0.00536. The van der Waals surface area contributed by atoms with Crippen molar-refractivity contribution >= 4 is 22.5 Å². The van der Waals surface area contributed by atoms with Crippen LogP contribution in [0, 0.1) is 0 Å². The maximum absolute atomic E-state index is 13.2. The van der Waals surface area contributed by atoms with Gasteiger partial charge in [-0.25, -0.2) is 0 Å². The molecule has 1 aromatic heterocycles. The van der Waals surface area contributed by atoms with Gasteiger partial charge in [-0.05, 0) is 23.8 Å². The molecule has 3 nitrogen and oxygen atoms in total. The summed E-state index contributed by atoms with van der Waals surface area (Å²) in [5.41, 5.74) is 3.70. The molecule has 1 N–H and O–H groups in total. The van der Waals surface area contributed by atoms with Crippen molar-refractivity contribution in [3.63, 3.8) is 0 Å². The van der Waals surface area contributed by atoms with Gasteiger partial charge < -0.3 is 9.88 Å². The van der Waals surface area contributed by atoms with Crippen LogP contribution in [0.25, 0.3) is 10.9 Å². The number of nitrogens with one attached hydrogen (secondary N) is 1. The van der Waals surface area contributed by atoms with E-state index in [1.807, 2.05) is 96.0 Å². The fourth-order valence-corrected chi connectivity index (χ4v) is 3.05. The minimum Gasteiger partial charge on any atom is -0.359 e. The summed E-state index contributed by atoms with van der Waals surface area (Å²) in [6.07, 6.45) is 1.91. The standard InChI is InChI=1S/C22H18N2O/c25-22(18-11-5-2-6-12-18)24(16-17-9-3-1-4-10-17)21-15-23-20-14-8-7-13-19(20)21/h1-15,23H,16H2. The molecule has 0 saturated heterocycles. The maximum atomic E-state index is 13.2. The summed E-state index contributed by atoms with van der Waals surface area (Å²) in [5, 5.41) is 1.04. The van der Waals surface area contributed by atoms with Crippen LogP contribution in [-0.4, -0.2) is 10.9 Å². The number of benzene rings is 3. The van der Waals surface area contributed by atoms with E-state index in [1.54, 1.807) is 0 Å². The van der Waals surface area contributed by atoms with Gasteiger partial charge in [0.1, 0.15) is 0 Å². The van der Waals surface area contributed by atoms with Crippen molar-refractivity contribution in [2.75, 3.05) is 4.90 Å². The molecule has 0 unspecified atom stereocenters. The van der Waals surface area contributed by atoms with E-state index in [0.29, 0.717) is 12.1 Å². The molecule has 1 heterocycles. The van der Waals surface area contributed by atoms with E-state index in [0.717, 1.165) is 22.2 Å². The van der Waals surface area contributed by atoms with Crippen molar-refractivity contribution in [1.82, 2.24) is 4.98 Å². The van der Waals surface area contributed by atoms with Crippen molar-refractivity contribution in [3.05, 3.63) is 102 Å². The molecule has 0 aliphatic carbocycles. The van der Waals surface area contributed by atoms with Gasteiger partial charge in [-0.2, -0.15) is 0 Å². The van der Waals surface area contributed by atoms with Crippen LogP contribution < -0.4 is 4.90 Å². The number of fused-ring (bicyclic) bond motifs is 1. The van der Waals surface area contributed by atoms with Crippen LogP contribution in [0.15, 0.2) is 91.1 Å². The van der Waals surface area contributed by atoms with E-state index in [9.17, 15) is 4.79 Å². The second-order valence-electron chi connectivity index (χ2n) is 5.96. The van der Waals surface area contributed by atoms with Gasteiger partial charge in [0, 0.05) is 22.7 Å². The Balaban J connectivity index is 1.79. The third kappa shape index (κ3) is 3.04. The number of carbonyl (C=O) groups is 1. The number of para-hydroxylation sites is 1. The molecular weight excluding hydrogens is 308 g/mol. The molecule has 3 heteroatoms. The molecule has 122 valence electrons. The molecule has 25 heavy (non-hydrogen) atoms. The molecule has 4 rings (SSSR count). The molecular formula is C22H18N2O. The highest BCUT2D eigenvalue weighted by atomic mass is 16.2. The first-order valence-corrected chi connectivity index (χ1v) is 8.30. The molecule has 0 radical (unpaired) electrons. The van der Waals surface area contributed by atoms with Gasteiger partial charge in [0.05, 0.1) is 12.2 Å². The molecule has 0 fully saturated rings. The number of aromatic nitrogens is 1. The Morgan fingerprint density at radius 3 is 2.20 bits per heavy atom. The average molecular weight is 326 g/mol. The van der Waals surface area contributed by atoms with Crippen LogP contribution in [0.2, 0.25) is 0 Å². The van der Waals surface area contributed by atoms with E-state index in [4.69, 9.17) is 0 Å². The van der Waals surface area contributed by atoms with E-state index in [1.165, 1.54) is 0 Å². The number of H-pyrrole nitrogens is 1. The van der Waals surface area contributed by atoms with Crippen LogP contribution in [0.4, 0.5) is 5.69 Å². The first-order valence-electron chi connectivity index (χ1n) is 8.30. The summed E-state index contributed by atoms with van der Waals surface area (Å²) < 4.78 is 0. The quantitative estimate of drug-likeness (QED) is 0.562. The van der Waals surface area contributed by atoms with Crippen molar-refractivity contribution in [2.24, 2.45) is 0 Å². The third-order valence-corrected chi connectivity index (χ3v) is 4.31. The van der Waals surface area contributed by atoms with E-state index >= 15 is 0 Å². The predicted molar refractivity (Wildman–Crippen MR) is 102 cm³/mol. The van der Waals surface area contributed by atoms with Crippen LogP contribution in [0.3, 0.4) is 0 Å². The second kappa shape index (κ2) is 6.65. The maximum Gasteiger partial charge on any atom is 0.258 e. The molecule has 0 saturated carbocycles. The highest BCUT2D eigenvalue weighted by molar-refractivity contribution is 6.10. The fraction of sp³-hybridized carbons (Fsp3) is 0.0455. The highest BCUT2D eigenvalue weighted by Gasteiger charge is 2.20. The van der Waals surface area contributed by atoms with Crippen LogP contribution >= 0.6 is 0 Å². The summed E-state index contributed by atoms with van der Waals surface area (Å²) in [7, 11) is 0. The Kier molecular flexibility index (Phi) is 4.05. The lowest BCUT2D eigenvalue weighted by Crippen LogP contribution is -2.30. The molecule has 0 spiro atoms. The summed E-state index contributed by atoms with van der Waals surface area (Å²) in [6.45, 7) is 0.524. The van der Waals surface area contributed by atoms with Gasteiger partial charge in [-0.3, -0.25) is 4.79 Å². The van der Waals surface area contributed by atoms with Gasteiger partial charge in [-0.1, -0.05) is 66.7 Å². The normalized spacial score (nSPS) is 10.7. The van der Waals surface area contributed by atoms with Crippen LogP contribution in [0.1, 0.15) is 15.9 Å². The van der Waals surface area contributed by atoms with Crippen molar-refractivity contribution in [1.29, 1.82) is 0 Å². The fourth-order valence-electron chi connectivity index (χ4n) is 3.05. The monoisotopic (exact) mass is 326 g/mol. The molecule has 4 aromatic rings. The lowest BCUT2D eigenvalue weighted by molar-refractivity contribution is 0.0985. The highest BCUT2D eigenvalue weighted by Crippen LogP contribution is 2.29. The number of rotatable bonds is 4. The Hall–Kier alpha value is -3.33. The number of aromatic amines is 1. The number of nitrogens with zero attached hydrogens (tertiary/aromatic N) is 1. The van der Waals surface area contributed by atoms with Gasteiger partial charge >= 0.3 is 0 Å². The Morgan fingerprint density at radius 2 is 1.44 bits per heavy atom. The molecule has 1 amide bonds. The van der Waals surface area contributed by atoms with Gasteiger partial charge in [0.15, 0.2) is 0 Å². The number of hydrogen-bond donors (Lipinski definition) is 1. The number of hydrogen-bond acceptors (Lipinski definition) is 1. The number of amides is 1. The Morgan fingerprint density at radius 1 is 0.800 bits per heavy atom. The van der Waals surface area contributed by atoms with Gasteiger partial charge in [0.2, 0.25) is 0 Å². The molecule has 0 aliphatic heterocycles. The van der Waals surface area contributed by atoms with E-state index < -0.39 is 0 Å². The molecule has 0 atom stereocenters. The third-order valence-electron chi connectivity index (χ3n) is 4.31. The number of anilines is 1. The largest absolute Gasteiger partial charge is 0.359 e. The zero-order valence-corrected chi connectivity index (χ0v) is 13.7. The molecule has 0 bridgehead atoms. The summed E-state index contributed by atoms with van der Waals surface area (Å²) in [4.78, 5) is 18.3. The zero-order valence-electron chi connectivity index (χ0n) is 13.7. The second-order valence-corrected chi connectivity index (χ2v) is 5.96. The zero-order chi connectivity index (χ0) is 17.1. The average Bonchev–Trinajstić information content (AvgIpc) is 3.11. The van der Waals surface area contributed by atoms with E-state index in [2.05, 4.69) is 4.98 Å². The molecule has 3 aromatic carbocycles. The smallest absolute Gasteiger partial charge is 0.258 e. The summed E-state index contributed by atoms with van der Waals surface area (Å²) in [6, 6.07) is 27.5.